The van der Waals surface area contributed by atoms with Crippen LogP contribution in [0.1, 0.15) is 71.1 Å². The third kappa shape index (κ3) is 9.88. The maximum Gasteiger partial charge on any atom is 0.135 e. The number of hydrogen-bond donors (Lipinski definition) is 0. The van der Waals surface area contributed by atoms with Crippen molar-refractivity contribution in [1.82, 2.24) is 9.55 Å². The molecule has 0 unspecified atom stereocenters. The van der Waals surface area contributed by atoms with Crippen molar-refractivity contribution < 1.29 is 25.8 Å². The fraction of sp³-hybridized carbons (Fsp3) is 0.182. The third-order valence-corrected chi connectivity index (χ3v) is 13.9. The molecule has 0 spiro atoms. The third-order valence-electron chi connectivity index (χ3n) is 13.9. The van der Waals surface area contributed by atoms with Crippen LogP contribution in [0, 0.1) is 18.8 Å². The molecule has 3 heterocycles. The molecular weight excluding hydrogens is 1060 g/mol. The van der Waals surface area contributed by atoms with E-state index in [-0.39, 0.29) is 31.9 Å². The second-order valence-corrected chi connectivity index (χ2v) is 20.9. The van der Waals surface area contributed by atoms with E-state index in [9.17, 15) is 0 Å². The number of rotatable bonds is 12. The normalized spacial score (nSPS) is 12.6. The zero-order valence-corrected chi connectivity index (χ0v) is 44.2. The average molecular weight is 1120 g/mol. The average Bonchev–Trinajstić information content (AvgIpc) is 3.93. The van der Waals surface area contributed by atoms with Gasteiger partial charge in [0.05, 0.1) is 0 Å². The number of pyridine rings is 1. The van der Waals surface area contributed by atoms with Crippen molar-refractivity contribution in [2.75, 3.05) is 16.3 Å². The summed E-state index contributed by atoms with van der Waals surface area (Å²) >= 11 is 0. The van der Waals surface area contributed by atoms with Gasteiger partial charge in [-0.05, 0) is 141 Å². The number of anilines is 3. The van der Waals surface area contributed by atoms with Gasteiger partial charge in [0.25, 0.3) is 0 Å². The Morgan fingerprint density at radius 3 is 1.89 bits per heavy atom. The molecule has 0 atom stereocenters. The van der Waals surface area contributed by atoms with E-state index in [0.29, 0.717) is 11.5 Å². The first-order valence-electron chi connectivity index (χ1n) is 25.0. The van der Waals surface area contributed by atoms with Crippen LogP contribution in [0.25, 0.3) is 61.0 Å². The van der Waals surface area contributed by atoms with Gasteiger partial charge in [0, 0.05) is 55.7 Å². The standard InChI is InChI=1S/C66H59N4O.Pt/c1-65(2,3)52-31-33-57(51-39-49(46-20-9-7-10-21-46)38-50(40-51)47-22-11-8-12-23-47)48(41-52)24-17-18-37-68-45-69(62-30-16-15-29-61(62)68)54-25-19-26-55(43-54)71-56-32-34-59-58-27-13-14-28-60(58)70(63(59)44-56)64-42-53(35-36-67-64)66(4,5)6;/h7-16,19-23,25-36,38-42,45H,17-18,24,37H2,1-6H3;/q-3;. The Kier molecular flexibility index (Phi) is 13.5. The second-order valence-electron chi connectivity index (χ2n) is 20.9. The predicted octanol–water partition coefficient (Wildman–Crippen LogP) is 17.3. The molecule has 0 saturated heterocycles. The van der Waals surface area contributed by atoms with E-state index in [1.807, 2.05) is 24.4 Å². The van der Waals surface area contributed by atoms with Crippen LogP contribution in [0.2, 0.25) is 0 Å². The summed E-state index contributed by atoms with van der Waals surface area (Å²) in [5, 5.41) is 2.25. The summed E-state index contributed by atoms with van der Waals surface area (Å²) in [6.07, 6.45) is 4.95. The maximum atomic E-state index is 6.62. The Hall–Kier alpha value is -7.20. The summed E-state index contributed by atoms with van der Waals surface area (Å²) in [4.78, 5) is 9.48. The van der Waals surface area contributed by atoms with Crippen LogP contribution in [-0.2, 0) is 38.3 Å². The molecule has 362 valence electrons. The van der Waals surface area contributed by atoms with E-state index < -0.39 is 0 Å². The minimum atomic E-state index is -0.0187. The summed E-state index contributed by atoms with van der Waals surface area (Å²) in [7, 11) is 0. The molecule has 0 bridgehead atoms. The van der Waals surface area contributed by atoms with Crippen molar-refractivity contribution >= 4 is 38.9 Å². The first kappa shape index (κ1) is 48.4. The van der Waals surface area contributed by atoms with Crippen molar-refractivity contribution in [3.63, 3.8) is 0 Å². The van der Waals surface area contributed by atoms with E-state index in [2.05, 4.69) is 245 Å². The number of unbranched alkanes of at least 4 members (excludes halogenated alkanes) is 1. The topological polar surface area (TPSA) is 33.5 Å². The molecule has 2 aromatic heterocycles. The maximum absolute atomic E-state index is 6.62. The molecule has 0 radical (unpaired) electrons. The number of para-hydroxylation sites is 3. The number of aromatic nitrogens is 2. The van der Waals surface area contributed by atoms with Crippen LogP contribution in [0.3, 0.4) is 0 Å². The van der Waals surface area contributed by atoms with Gasteiger partial charge in [-0.25, -0.2) is 4.98 Å². The van der Waals surface area contributed by atoms with Crippen LogP contribution in [0.15, 0.2) is 194 Å². The molecule has 10 aromatic rings. The van der Waals surface area contributed by atoms with Crippen LogP contribution in [0.4, 0.5) is 17.1 Å². The zero-order chi connectivity index (χ0) is 48.7. The molecular formula is C66H59N4OPt-3. The van der Waals surface area contributed by atoms with Crippen LogP contribution in [-0.4, -0.2) is 16.1 Å². The SMILES string of the molecule is CC(C)(C)c1ccnc(-n2c3[c-]c(Oc4[c-]c(N5[CH-]N(CCCCc6cc(C(C)(C)C)ccc6-c6cc(-c7ccccc7)cc(-c7ccccc7)c6)c6ccccc65)ccc4)ccc3c3ccccc32)c1.[Pt]. The quantitative estimate of drug-likeness (QED) is 0.0902. The molecule has 6 heteroatoms. The summed E-state index contributed by atoms with van der Waals surface area (Å²) < 4.78 is 8.82. The Bertz CT molecular complexity index is 3470. The molecule has 0 amide bonds. The van der Waals surface area contributed by atoms with Crippen molar-refractivity contribution in [2.24, 2.45) is 0 Å². The predicted molar refractivity (Wildman–Crippen MR) is 296 cm³/mol. The Balaban J connectivity index is 0.00000596. The van der Waals surface area contributed by atoms with Crippen LogP contribution in [0.5, 0.6) is 11.5 Å². The van der Waals surface area contributed by atoms with Crippen molar-refractivity contribution in [2.45, 2.75) is 71.6 Å². The number of nitrogens with zero attached hydrogens (tertiary/aromatic N) is 4. The van der Waals surface area contributed by atoms with Crippen LogP contribution >= 0.6 is 0 Å². The Morgan fingerprint density at radius 2 is 1.17 bits per heavy atom. The van der Waals surface area contributed by atoms with Crippen LogP contribution < -0.4 is 14.5 Å². The number of ether oxygens (including phenoxy) is 1. The monoisotopic (exact) mass is 1120 g/mol. The van der Waals surface area contributed by atoms with Crippen molar-refractivity contribution in [3.8, 4) is 50.7 Å². The minimum Gasteiger partial charge on any atom is -0.509 e. The molecule has 1 aliphatic heterocycles. The minimum absolute atomic E-state index is 0. The number of hydrogen-bond acceptors (Lipinski definition) is 4. The zero-order valence-electron chi connectivity index (χ0n) is 41.9. The van der Waals surface area contributed by atoms with Gasteiger partial charge in [-0.3, -0.25) is 0 Å². The number of aryl methyl sites for hydroxylation is 1. The molecule has 1 aliphatic rings. The molecule has 5 nitrogen and oxygen atoms in total. The van der Waals surface area contributed by atoms with E-state index in [1.54, 1.807) is 0 Å². The van der Waals surface area contributed by atoms with Gasteiger partial charge >= 0.3 is 0 Å². The molecule has 8 aromatic carbocycles. The molecule has 0 aliphatic carbocycles. The number of benzene rings is 8. The van der Waals surface area contributed by atoms with Gasteiger partial charge in [0.15, 0.2) is 0 Å². The fourth-order valence-electron chi connectivity index (χ4n) is 10.0. The second kappa shape index (κ2) is 20.1. The number of fused-ring (bicyclic) bond motifs is 4. The first-order valence-corrected chi connectivity index (χ1v) is 25.0. The van der Waals surface area contributed by atoms with E-state index in [1.165, 1.54) is 55.8 Å². The van der Waals surface area contributed by atoms with Gasteiger partial charge in [-0.1, -0.05) is 156 Å². The van der Waals surface area contributed by atoms with Crippen molar-refractivity contribution in [3.05, 3.63) is 230 Å². The van der Waals surface area contributed by atoms with Gasteiger partial charge in [-0.15, -0.1) is 41.4 Å². The van der Waals surface area contributed by atoms with Gasteiger partial charge in [0.1, 0.15) is 5.82 Å². The van der Waals surface area contributed by atoms with E-state index in [4.69, 9.17) is 9.72 Å². The molecule has 11 rings (SSSR count). The van der Waals surface area contributed by atoms with E-state index in [0.717, 1.165) is 64.8 Å². The summed E-state index contributed by atoms with van der Waals surface area (Å²) in [5.41, 5.74) is 16.7. The Morgan fingerprint density at radius 1 is 0.528 bits per heavy atom. The fourth-order valence-corrected chi connectivity index (χ4v) is 10.0. The molecule has 72 heavy (non-hydrogen) atoms. The van der Waals surface area contributed by atoms with Crippen molar-refractivity contribution in [1.29, 1.82) is 0 Å². The smallest absolute Gasteiger partial charge is 0.135 e. The largest absolute Gasteiger partial charge is 0.509 e. The van der Waals surface area contributed by atoms with Gasteiger partial charge in [-0.2, -0.15) is 18.8 Å². The Labute approximate surface area is 440 Å². The molecule has 0 saturated carbocycles. The van der Waals surface area contributed by atoms with Gasteiger partial charge < -0.3 is 19.1 Å². The van der Waals surface area contributed by atoms with E-state index >= 15 is 0 Å². The first-order chi connectivity index (χ1) is 34.4. The molecule has 0 fully saturated rings. The summed E-state index contributed by atoms with van der Waals surface area (Å²) in [6, 6.07) is 74.7. The summed E-state index contributed by atoms with van der Waals surface area (Å²) in [5.74, 6) is 2.10. The van der Waals surface area contributed by atoms with Gasteiger partial charge in [0.2, 0.25) is 0 Å². The summed E-state index contributed by atoms with van der Waals surface area (Å²) in [6.45, 7) is 16.7. The molecule has 0 N–H and O–H groups in total.